The highest BCUT2D eigenvalue weighted by Gasteiger charge is 2.35. The van der Waals surface area contributed by atoms with Crippen LogP contribution in [-0.4, -0.2) is 23.9 Å². The van der Waals surface area contributed by atoms with Crippen LogP contribution < -0.4 is 0 Å². The van der Waals surface area contributed by atoms with Crippen LogP contribution in [-0.2, 0) is 0 Å². The number of rotatable bonds is 1. The molecule has 2 atom stereocenters. The Morgan fingerprint density at radius 3 is 2.33 bits per heavy atom. The van der Waals surface area contributed by atoms with Gasteiger partial charge in [-0.3, -0.25) is 4.79 Å². The predicted octanol–water partition coefficient (Wildman–Crippen LogP) is 2.86. The fraction of sp³-hybridized carbons (Fsp3) is 0.400. The number of halogens is 1. The molecule has 2 unspecified atom stereocenters. The molecule has 2 nitrogen and oxygen atoms in total. The molecular formula is C15H16FNO. The van der Waals surface area contributed by atoms with Crippen molar-refractivity contribution in [3.05, 3.63) is 47.8 Å². The minimum atomic E-state index is -0.421. The van der Waals surface area contributed by atoms with Gasteiger partial charge < -0.3 is 4.90 Å². The highest BCUT2D eigenvalue weighted by molar-refractivity contribution is 5.94. The third-order valence-electron chi connectivity index (χ3n) is 4.01. The Hall–Kier alpha value is -1.64. The first-order valence-corrected chi connectivity index (χ1v) is 6.44. The molecule has 3 heteroatoms. The van der Waals surface area contributed by atoms with E-state index in [2.05, 4.69) is 12.2 Å². The molecule has 0 spiro atoms. The van der Waals surface area contributed by atoms with E-state index in [1.165, 1.54) is 6.07 Å². The van der Waals surface area contributed by atoms with Gasteiger partial charge in [-0.25, -0.2) is 4.39 Å². The lowest BCUT2D eigenvalue weighted by atomic mass is 9.86. The number of nitrogens with zero attached hydrogens (tertiary/aromatic N) is 1. The molecule has 0 aromatic heterocycles. The number of allylic oxidation sites excluding steroid dienone is 2. The van der Waals surface area contributed by atoms with Crippen molar-refractivity contribution < 1.29 is 9.18 Å². The quantitative estimate of drug-likeness (QED) is 0.697. The van der Waals surface area contributed by atoms with Crippen molar-refractivity contribution in [3.63, 3.8) is 0 Å². The fourth-order valence-electron chi connectivity index (χ4n) is 2.99. The highest BCUT2D eigenvalue weighted by atomic mass is 19.1. The Balaban J connectivity index is 1.77. The molecule has 1 amide bonds. The van der Waals surface area contributed by atoms with E-state index in [9.17, 15) is 9.18 Å². The van der Waals surface area contributed by atoms with E-state index < -0.39 is 5.82 Å². The first-order valence-electron chi connectivity index (χ1n) is 6.44. The Labute approximate surface area is 106 Å². The molecule has 1 aromatic rings. The number of hydrogen-bond acceptors (Lipinski definition) is 1. The van der Waals surface area contributed by atoms with Gasteiger partial charge in [0.05, 0.1) is 5.56 Å². The number of fused-ring (bicyclic) bond motifs is 1. The largest absolute Gasteiger partial charge is 0.338 e. The molecule has 18 heavy (non-hydrogen) atoms. The minimum absolute atomic E-state index is 0.164. The summed E-state index contributed by atoms with van der Waals surface area (Å²) in [6.45, 7) is 1.53. The second kappa shape index (κ2) is 4.56. The third kappa shape index (κ3) is 1.94. The number of hydrogen-bond donors (Lipinski definition) is 0. The molecule has 2 aliphatic rings. The van der Waals surface area contributed by atoms with Crippen molar-refractivity contribution in [2.75, 3.05) is 13.1 Å². The second-order valence-electron chi connectivity index (χ2n) is 5.15. The van der Waals surface area contributed by atoms with Crippen molar-refractivity contribution in [2.24, 2.45) is 11.8 Å². The van der Waals surface area contributed by atoms with Gasteiger partial charge in [0.15, 0.2) is 0 Å². The van der Waals surface area contributed by atoms with Gasteiger partial charge in [0, 0.05) is 13.1 Å². The van der Waals surface area contributed by atoms with Crippen LogP contribution in [0.2, 0.25) is 0 Å². The van der Waals surface area contributed by atoms with Crippen LogP contribution in [0.25, 0.3) is 0 Å². The van der Waals surface area contributed by atoms with Crippen molar-refractivity contribution in [3.8, 4) is 0 Å². The summed E-state index contributed by atoms with van der Waals surface area (Å²) in [5, 5.41) is 0. The molecule has 1 aliphatic carbocycles. The predicted molar refractivity (Wildman–Crippen MR) is 67.7 cm³/mol. The maximum Gasteiger partial charge on any atom is 0.256 e. The number of likely N-dealkylation sites (tertiary alicyclic amines) is 1. The Kier molecular flexibility index (Phi) is 2.90. The van der Waals surface area contributed by atoms with E-state index in [1.54, 1.807) is 23.1 Å². The minimum Gasteiger partial charge on any atom is -0.338 e. The molecule has 3 rings (SSSR count). The number of carbonyl (C=O) groups excluding carboxylic acids is 1. The maximum absolute atomic E-state index is 13.6. The first-order chi connectivity index (χ1) is 8.75. The summed E-state index contributed by atoms with van der Waals surface area (Å²) < 4.78 is 13.6. The highest BCUT2D eigenvalue weighted by Crippen LogP contribution is 2.33. The summed E-state index contributed by atoms with van der Waals surface area (Å²) in [5.74, 6) is 0.537. The van der Waals surface area contributed by atoms with Crippen LogP contribution in [0.3, 0.4) is 0 Å². The van der Waals surface area contributed by atoms with Gasteiger partial charge >= 0.3 is 0 Å². The molecule has 94 valence electrons. The van der Waals surface area contributed by atoms with Crippen LogP contribution in [0.4, 0.5) is 4.39 Å². The summed E-state index contributed by atoms with van der Waals surface area (Å²) in [6, 6.07) is 6.23. The van der Waals surface area contributed by atoms with Crippen molar-refractivity contribution in [2.45, 2.75) is 12.8 Å². The van der Waals surface area contributed by atoms with Gasteiger partial charge in [-0.2, -0.15) is 0 Å². The van der Waals surface area contributed by atoms with Gasteiger partial charge in [0.1, 0.15) is 5.82 Å². The molecule has 1 aromatic carbocycles. The molecule has 1 saturated heterocycles. The molecule has 0 saturated carbocycles. The van der Waals surface area contributed by atoms with Gasteiger partial charge in [0.25, 0.3) is 5.91 Å². The molecular weight excluding hydrogens is 229 g/mol. The zero-order valence-electron chi connectivity index (χ0n) is 10.2. The van der Waals surface area contributed by atoms with E-state index >= 15 is 0 Å². The molecule has 0 bridgehead atoms. The van der Waals surface area contributed by atoms with Crippen LogP contribution in [0, 0.1) is 17.7 Å². The summed E-state index contributed by atoms with van der Waals surface area (Å²) in [7, 11) is 0. The SMILES string of the molecule is O=C(c1ccccc1F)N1CC2CC=CCC2C1. The van der Waals surface area contributed by atoms with Crippen LogP contribution in [0.5, 0.6) is 0 Å². The first kappa shape index (κ1) is 11.5. The monoisotopic (exact) mass is 245 g/mol. The van der Waals surface area contributed by atoms with Crippen molar-refractivity contribution in [1.82, 2.24) is 4.90 Å². The van der Waals surface area contributed by atoms with E-state index in [1.807, 2.05) is 0 Å². The average molecular weight is 245 g/mol. The summed E-state index contributed by atoms with van der Waals surface area (Å²) in [6.07, 6.45) is 6.48. The summed E-state index contributed by atoms with van der Waals surface area (Å²) in [5.41, 5.74) is 0.198. The summed E-state index contributed by atoms with van der Waals surface area (Å²) >= 11 is 0. The zero-order chi connectivity index (χ0) is 12.5. The molecule has 1 aliphatic heterocycles. The lowest BCUT2D eigenvalue weighted by molar-refractivity contribution is 0.0779. The van der Waals surface area contributed by atoms with Crippen LogP contribution in [0.15, 0.2) is 36.4 Å². The van der Waals surface area contributed by atoms with Crippen molar-refractivity contribution in [1.29, 1.82) is 0 Å². The number of benzene rings is 1. The molecule has 1 heterocycles. The summed E-state index contributed by atoms with van der Waals surface area (Å²) in [4.78, 5) is 14.1. The fourth-order valence-corrected chi connectivity index (χ4v) is 2.99. The zero-order valence-corrected chi connectivity index (χ0v) is 10.2. The molecule has 1 fully saturated rings. The topological polar surface area (TPSA) is 20.3 Å². The Morgan fingerprint density at radius 2 is 1.72 bits per heavy atom. The standard InChI is InChI=1S/C15H16FNO/c16-14-8-4-3-7-13(14)15(18)17-9-11-5-1-2-6-12(11)10-17/h1-4,7-8,11-12H,5-6,9-10H2. The Morgan fingerprint density at radius 1 is 1.11 bits per heavy atom. The van der Waals surface area contributed by atoms with E-state index in [0.717, 1.165) is 25.9 Å². The molecule has 0 radical (unpaired) electrons. The number of amides is 1. The molecule has 0 N–H and O–H groups in total. The third-order valence-corrected chi connectivity index (χ3v) is 4.01. The number of carbonyl (C=O) groups is 1. The van der Waals surface area contributed by atoms with Gasteiger partial charge in [-0.1, -0.05) is 24.3 Å². The Bertz CT molecular complexity index is 481. The lowest BCUT2D eigenvalue weighted by Gasteiger charge is -2.17. The van der Waals surface area contributed by atoms with Gasteiger partial charge in [0.2, 0.25) is 0 Å². The maximum atomic E-state index is 13.6. The van der Waals surface area contributed by atoms with Gasteiger partial charge in [-0.05, 0) is 36.8 Å². The van der Waals surface area contributed by atoms with Crippen LogP contribution in [0.1, 0.15) is 23.2 Å². The van der Waals surface area contributed by atoms with Crippen LogP contribution >= 0.6 is 0 Å². The lowest BCUT2D eigenvalue weighted by Crippen LogP contribution is -2.29. The van der Waals surface area contributed by atoms with E-state index in [4.69, 9.17) is 0 Å². The average Bonchev–Trinajstić information content (AvgIpc) is 2.82. The smallest absolute Gasteiger partial charge is 0.256 e. The second-order valence-corrected chi connectivity index (χ2v) is 5.15. The van der Waals surface area contributed by atoms with E-state index in [0.29, 0.717) is 11.8 Å². The normalized spacial score (nSPS) is 26.2. The van der Waals surface area contributed by atoms with Crippen molar-refractivity contribution >= 4 is 5.91 Å². The van der Waals surface area contributed by atoms with E-state index in [-0.39, 0.29) is 11.5 Å². The van der Waals surface area contributed by atoms with Gasteiger partial charge in [-0.15, -0.1) is 0 Å².